The molecular weight excluding hydrogens is 358 g/mol. The first-order chi connectivity index (χ1) is 13.5. The summed E-state index contributed by atoms with van der Waals surface area (Å²) in [6.07, 6.45) is 0.0617. The molecule has 0 unspecified atom stereocenters. The average Bonchev–Trinajstić information content (AvgIpc) is 2.66. The van der Waals surface area contributed by atoms with E-state index >= 15 is 0 Å². The molecule has 150 valence electrons. The van der Waals surface area contributed by atoms with Crippen molar-refractivity contribution in [1.82, 2.24) is 5.32 Å². The van der Waals surface area contributed by atoms with Gasteiger partial charge in [-0.05, 0) is 44.2 Å². The Balaban J connectivity index is 1.87. The molecule has 2 aromatic rings. The largest absolute Gasteiger partial charge is 0.491 e. The van der Waals surface area contributed by atoms with Crippen molar-refractivity contribution in [1.29, 1.82) is 0 Å². The lowest BCUT2D eigenvalue weighted by molar-refractivity contribution is -0.114. The normalized spacial score (nSPS) is 10.4. The molecule has 0 aromatic heterocycles. The summed E-state index contributed by atoms with van der Waals surface area (Å²) in [5, 5.41) is 8.61. The van der Waals surface area contributed by atoms with E-state index in [1.54, 1.807) is 43.5 Å². The second-order valence-corrected chi connectivity index (χ2v) is 6.43. The Hall–Kier alpha value is -3.06. The van der Waals surface area contributed by atoms with Crippen LogP contribution in [-0.2, 0) is 9.53 Å². The minimum Gasteiger partial charge on any atom is -0.491 e. The van der Waals surface area contributed by atoms with Crippen molar-refractivity contribution >= 4 is 23.2 Å². The molecule has 2 rings (SSSR count). The molecule has 2 aromatic carbocycles. The van der Waals surface area contributed by atoms with Gasteiger partial charge in [-0.3, -0.25) is 9.59 Å². The zero-order valence-corrected chi connectivity index (χ0v) is 16.5. The predicted molar refractivity (Wildman–Crippen MR) is 110 cm³/mol. The summed E-state index contributed by atoms with van der Waals surface area (Å²) >= 11 is 0. The monoisotopic (exact) mass is 385 g/mol. The molecule has 0 aliphatic heterocycles. The summed E-state index contributed by atoms with van der Waals surface area (Å²) < 4.78 is 10.5. The van der Waals surface area contributed by atoms with Crippen LogP contribution >= 0.6 is 0 Å². The van der Waals surface area contributed by atoms with Gasteiger partial charge in [-0.1, -0.05) is 12.1 Å². The second kappa shape index (κ2) is 10.9. The van der Waals surface area contributed by atoms with Crippen molar-refractivity contribution in [3.05, 3.63) is 54.1 Å². The van der Waals surface area contributed by atoms with Gasteiger partial charge in [0.05, 0.1) is 19.3 Å². The van der Waals surface area contributed by atoms with Crippen molar-refractivity contribution < 1.29 is 19.1 Å². The maximum absolute atomic E-state index is 12.2. The highest BCUT2D eigenvalue weighted by atomic mass is 16.5. The summed E-state index contributed by atoms with van der Waals surface area (Å²) in [7, 11) is 1.58. The summed E-state index contributed by atoms with van der Waals surface area (Å²) in [5.41, 5.74) is 1.86. The number of nitrogens with one attached hydrogen (secondary N) is 3. The van der Waals surface area contributed by atoms with E-state index in [2.05, 4.69) is 16.0 Å². The van der Waals surface area contributed by atoms with Crippen LogP contribution in [0.3, 0.4) is 0 Å². The van der Waals surface area contributed by atoms with Gasteiger partial charge >= 0.3 is 0 Å². The first-order valence-electron chi connectivity index (χ1n) is 9.15. The van der Waals surface area contributed by atoms with Gasteiger partial charge in [-0.15, -0.1) is 0 Å². The van der Waals surface area contributed by atoms with Crippen molar-refractivity contribution in [3.8, 4) is 5.75 Å². The molecule has 28 heavy (non-hydrogen) atoms. The fraction of sp³-hybridized carbons (Fsp3) is 0.333. The number of hydrogen-bond donors (Lipinski definition) is 3. The number of carbonyl (C=O) groups is 2. The highest BCUT2D eigenvalue weighted by molar-refractivity contribution is 5.96. The molecule has 0 atom stereocenters. The Morgan fingerprint density at radius 2 is 1.79 bits per heavy atom. The van der Waals surface area contributed by atoms with Gasteiger partial charge in [0.15, 0.2) is 0 Å². The minimum absolute atomic E-state index is 0.0617. The number of rotatable bonds is 10. The zero-order valence-electron chi connectivity index (χ0n) is 16.5. The first-order valence-corrected chi connectivity index (χ1v) is 9.15. The molecule has 0 heterocycles. The van der Waals surface area contributed by atoms with E-state index in [0.717, 1.165) is 0 Å². The number of ether oxygens (including phenoxy) is 2. The lowest BCUT2D eigenvalue weighted by atomic mass is 10.2. The minimum atomic E-state index is -0.198. The fourth-order valence-corrected chi connectivity index (χ4v) is 2.45. The van der Waals surface area contributed by atoms with E-state index in [-0.39, 0.29) is 24.5 Å². The molecular formula is C21H27N3O4. The molecule has 3 N–H and O–H groups in total. The highest BCUT2D eigenvalue weighted by Gasteiger charge is 2.07. The molecule has 7 nitrogen and oxygen atoms in total. The Labute approximate surface area is 165 Å². The van der Waals surface area contributed by atoms with Crippen molar-refractivity contribution in [2.24, 2.45) is 0 Å². The Morgan fingerprint density at radius 1 is 1.04 bits per heavy atom. The van der Waals surface area contributed by atoms with E-state index in [9.17, 15) is 9.59 Å². The molecule has 0 fully saturated rings. The maximum atomic E-state index is 12.2. The second-order valence-electron chi connectivity index (χ2n) is 6.43. The topological polar surface area (TPSA) is 88.7 Å². The maximum Gasteiger partial charge on any atom is 0.251 e. The number of carbonyl (C=O) groups excluding carboxylic acids is 2. The van der Waals surface area contributed by atoms with Gasteiger partial charge in [0.2, 0.25) is 5.91 Å². The molecule has 0 radical (unpaired) electrons. The van der Waals surface area contributed by atoms with E-state index in [1.165, 1.54) is 0 Å². The molecule has 0 saturated carbocycles. The predicted octanol–water partition coefficient (Wildman–Crippen LogP) is 2.90. The molecule has 2 amide bonds. The third kappa shape index (κ3) is 7.28. The van der Waals surface area contributed by atoms with Crippen LogP contribution in [0.15, 0.2) is 48.5 Å². The zero-order chi connectivity index (χ0) is 20.4. The van der Waals surface area contributed by atoms with E-state index < -0.39 is 0 Å². The van der Waals surface area contributed by atoms with E-state index in [0.29, 0.717) is 35.8 Å². The van der Waals surface area contributed by atoms with Crippen LogP contribution in [-0.4, -0.2) is 44.7 Å². The fourth-order valence-electron chi connectivity index (χ4n) is 2.45. The number of benzene rings is 2. The van der Waals surface area contributed by atoms with Crippen LogP contribution < -0.4 is 20.7 Å². The van der Waals surface area contributed by atoms with Crippen molar-refractivity contribution in [2.75, 3.05) is 37.4 Å². The lowest BCUT2D eigenvalue weighted by Crippen LogP contribution is -2.27. The van der Waals surface area contributed by atoms with E-state index in [4.69, 9.17) is 9.47 Å². The Kier molecular flexibility index (Phi) is 8.30. The van der Waals surface area contributed by atoms with Gasteiger partial charge in [0.25, 0.3) is 5.91 Å². The quantitative estimate of drug-likeness (QED) is 0.547. The van der Waals surface area contributed by atoms with Gasteiger partial charge in [-0.25, -0.2) is 0 Å². The molecule has 0 aliphatic rings. The number of hydrogen-bond acceptors (Lipinski definition) is 5. The first kappa shape index (κ1) is 21.2. The van der Waals surface area contributed by atoms with Crippen LogP contribution in [0.4, 0.5) is 11.4 Å². The number of anilines is 2. The van der Waals surface area contributed by atoms with Crippen LogP contribution in [0.5, 0.6) is 5.75 Å². The smallest absolute Gasteiger partial charge is 0.251 e. The van der Waals surface area contributed by atoms with Crippen LogP contribution in [0.25, 0.3) is 0 Å². The molecule has 0 bridgehead atoms. The number of methoxy groups -OCH3 is 1. The van der Waals surface area contributed by atoms with Crippen molar-refractivity contribution in [3.63, 3.8) is 0 Å². The third-order valence-corrected chi connectivity index (χ3v) is 3.66. The molecule has 0 aliphatic carbocycles. The molecule has 7 heteroatoms. The summed E-state index contributed by atoms with van der Waals surface area (Å²) in [6.45, 7) is 4.86. The van der Waals surface area contributed by atoms with Gasteiger partial charge < -0.3 is 25.4 Å². The van der Waals surface area contributed by atoms with E-state index in [1.807, 2.05) is 26.0 Å². The van der Waals surface area contributed by atoms with Crippen LogP contribution in [0, 0.1) is 0 Å². The Morgan fingerprint density at radius 3 is 2.54 bits per heavy atom. The molecule has 0 saturated heterocycles. The van der Waals surface area contributed by atoms with Gasteiger partial charge in [0.1, 0.15) is 5.75 Å². The average molecular weight is 385 g/mol. The van der Waals surface area contributed by atoms with Gasteiger partial charge in [-0.2, -0.15) is 0 Å². The molecule has 0 spiro atoms. The van der Waals surface area contributed by atoms with Crippen molar-refractivity contribution in [2.45, 2.75) is 20.0 Å². The Bertz CT molecular complexity index is 793. The van der Waals surface area contributed by atoms with Gasteiger partial charge in [0, 0.05) is 36.7 Å². The SMILES string of the molecule is COCCNC(=O)c1cccc(NCC(=O)Nc2cccc(OC(C)C)c2)c1. The lowest BCUT2D eigenvalue weighted by Gasteiger charge is -2.12. The summed E-state index contributed by atoms with van der Waals surface area (Å²) in [4.78, 5) is 24.3. The van der Waals surface area contributed by atoms with Crippen LogP contribution in [0.1, 0.15) is 24.2 Å². The highest BCUT2D eigenvalue weighted by Crippen LogP contribution is 2.18. The van der Waals surface area contributed by atoms with Crippen LogP contribution in [0.2, 0.25) is 0 Å². The summed E-state index contributed by atoms with van der Waals surface area (Å²) in [5.74, 6) is 0.316. The number of amides is 2. The standard InChI is InChI=1S/C21H27N3O4/c1-15(2)28-19-9-5-8-18(13-19)24-20(25)14-23-17-7-4-6-16(12-17)21(26)22-10-11-27-3/h4-9,12-13,15,23H,10-11,14H2,1-3H3,(H,22,26)(H,24,25). The summed E-state index contributed by atoms with van der Waals surface area (Å²) in [6, 6.07) is 14.2. The third-order valence-electron chi connectivity index (χ3n) is 3.66.